The summed E-state index contributed by atoms with van der Waals surface area (Å²) in [6.45, 7) is -0.830. The summed E-state index contributed by atoms with van der Waals surface area (Å²) < 4.78 is 13.7. The van der Waals surface area contributed by atoms with Gasteiger partial charge in [-0.2, -0.15) is 0 Å². The van der Waals surface area contributed by atoms with E-state index in [9.17, 15) is 18.8 Å². The lowest BCUT2D eigenvalue weighted by Gasteiger charge is -2.04. The van der Waals surface area contributed by atoms with Gasteiger partial charge >= 0.3 is 5.97 Å². The van der Waals surface area contributed by atoms with Gasteiger partial charge in [0.1, 0.15) is 17.4 Å². The summed E-state index contributed by atoms with van der Waals surface area (Å²) in [7, 11) is 0. The molecule has 0 aliphatic rings. The van der Waals surface area contributed by atoms with Gasteiger partial charge in [-0.15, -0.1) is 11.3 Å². The van der Waals surface area contributed by atoms with Gasteiger partial charge in [0.05, 0.1) is 18.7 Å². The smallest absolute Gasteiger partial charge is 0.322 e. The Kier molecular flexibility index (Phi) is 5.96. The Hall–Kier alpha value is -2.81. The molecule has 0 spiro atoms. The first kappa shape index (κ1) is 17.5. The van der Waals surface area contributed by atoms with Gasteiger partial charge in [0.15, 0.2) is 0 Å². The maximum atomic E-state index is 13.7. The van der Waals surface area contributed by atoms with Crippen molar-refractivity contribution in [2.24, 2.45) is 0 Å². The quantitative estimate of drug-likeness (QED) is 0.684. The number of carboxylic acid groups (broad SMARTS) is 1. The van der Waals surface area contributed by atoms with Crippen molar-refractivity contribution in [3.63, 3.8) is 0 Å². The summed E-state index contributed by atoms with van der Waals surface area (Å²) >= 11 is 1.22. The van der Waals surface area contributed by atoms with E-state index < -0.39 is 30.1 Å². The molecule has 0 radical (unpaired) electrons. The Bertz CT molecular complexity index is 763. The molecular formula is C15H14FN3O4S. The molecular weight excluding hydrogens is 337 g/mol. The zero-order valence-corrected chi connectivity index (χ0v) is 13.2. The number of carbonyl (C=O) groups excluding carboxylic acids is 2. The van der Waals surface area contributed by atoms with Crippen LogP contribution in [-0.2, 0) is 20.8 Å². The Labute approximate surface area is 140 Å². The molecule has 0 aliphatic heterocycles. The molecule has 0 fully saturated rings. The fourth-order valence-electron chi connectivity index (χ4n) is 1.79. The van der Waals surface area contributed by atoms with Gasteiger partial charge in [0.2, 0.25) is 11.8 Å². The number of nitrogens with zero attached hydrogens (tertiary/aromatic N) is 1. The van der Waals surface area contributed by atoms with Gasteiger partial charge in [-0.25, -0.2) is 9.37 Å². The lowest BCUT2D eigenvalue weighted by atomic mass is 10.2. The van der Waals surface area contributed by atoms with Crippen molar-refractivity contribution in [2.75, 3.05) is 13.1 Å². The molecule has 9 heteroatoms. The second-order valence-electron chi connectivity index (χ2n) is 4.75. The van der Waals surface area contributed by atoms with Gasteiger partial charge in [-0.05, 0) is 12.1 Å². The van der Waals surface area contributed by atoms with Crippen LogP contribution in [0.2, 0.25) is 0 Å². The van der Waals surface area contributed by atoms with E-state index in [1.807, 2.05) is 0 Å². The molecule has 0 aliphatic carbocycles. The highest BCUT2D eigenvalue weighted by atomic mass is 32.1. The number of hydrogen-bond donors (Lipinski definition) is 3. The lowest BCUT2D eigenvalue weighted by molar-refractivity contribution is -0.137. The van der Waals surface area contributed by atoms with Crippen LogP contribution in [-0.4, -0.2) is 41.0 Å². The summed E-state index contributed by atoms with van der Waals surface area (Å²) in [5, 5.41) is 15.0. The van der Waals surface area contributed by atoms with Crippen LogP contribution in [0.1, 0.15) is 5.69 Å². The van der Waals surface area contributed by atoms with Crippen LogP contribution in [0.3, 0.4) is 0 Å². The van der Waals surface area contributed by atoms with Crippen LogP contribution in [0.4, 0.5) is 4.39 Å². The van der Waals surface area contributed by atoms with E-state index in [1.165, 1.54) is 17.4 Å². The molecule has 2 amide bonds. The number of halogens is 1. The van der Waals surface area contributed by atoms with Gasteiger partial charge in [-0.1, -0.05) is 12.1 Å². The fraction of sp³-hybridized carbons (Fsp3) is 0.200. The molecule has 0 atom stereocenters. The number of carbonyl (C=O) groups is 3. The Morgan fingerprint density at radius 3 is 2.54 bits per heavy atom. The summed E-state index contributed by atoms with van der Waals surface area (Å²) in [6.07, 6.45) is -0.0584. The van der Waals surface area contributed by atoms with Crippen LogP contribution in [0, 0.1) is 5.82 Å². The number of amides is 2. The van der Waals surface area contributed by atoms with E-state index in [0.29, 0.717) is 16.3 Å². The average Bonchev–Trinajstić information content (AvgIpc) is 2.99. The van der Waals surface area contributed by atoms with E-state index in [4.69, 9.17) is 5.11 Å². The molecule has 0 unspecified atom stereocenters. The molecule has 0 bridgehead atoms. The van der Waals surface area contributed by atoms with Crippen molar-refractivity contribution in [1.29, 1.82) is 0 Å². The molecule has 3 N–H and O–H groups in total. The Morgan fingerprint density at radius 2 is 1.83 bits per heavy atom. The second-order valence-corrected chi connectivity index (χ2v) is 5.61. The fourth-order valence-corrected chi connectivity index (χ4v) is 2.64. The van der Waals surface area contributed by atoms with Crippen LogP contribution in [0.25, 0.3) is 10.6 Å². The summed E-state index contributed by atoms with van der Waals surface area (Å²) in [4.78, 5) is 37.5. The first-order valence-electron chi connectivity index (χ1n) is 6.90. The minimum Gasteiger partial charge on any atom is -0.480 e. The van der Waals surface area contributed by atoms with Crippen molar-refractivity contribution < 1.29 is 23.9 Å². The van der Waals surface area contributed by atoms with Crippen LogP contribution in [0.5, 0.6) is 0 Å². The van der Waals surface area contributed by atoms with Gasteiger partial charge in [0, 0.05) is 10.9 Å². The lowest BCUT2D eigenvalue weighted by Crippen LogP contribution is -2.39. The largest absolute Gasteiger partial charge is 0.480 e. The molecule has 2 rings (SSSR count). The summed E-state index contributed by atoms with van der Waals surface area (Å²) in [5.74, 6) is -2.60. The van der Waals surface area contributed by atoms with E-state index in [0.717, 1.165) is 0 Å². The minimum atomic E-state index is -1.17. The van der Waals surface area contributed by atoms with E-state index in [1.54, 1.807) is 23.6 Å². The van der Waals surface area contributed by atoms with Crippen molar-refractivity contribution in [3.05, 3.63) is 41.2 Å². The second kappa shape index (κ2) is 8.16. The van der Waals surface area contributed by atoms with Crippen LogP contribution < -0.4 is 10.6 Å². The van der Waals surface area contributed by atoms with Gasteiger partial charge in [-0.3, -0.25) is 14.4 Å². The number of aliphatic carboxylic acids is 1. The number of hydrogen-bond acceptors (Lipinski definition) is 5. The SMILES string of the molecule is O=C(O)CNC(=O)CNC(=O)Cc1csc(-c2ccccc2F)n1. The number of benzene rings is 1. The minimum absolute atomic E-state index is 0.0584. The molecule has 0 saturated heterocycles. The highest BCUT2D eigenvalue weighted by Crippen LogP contribution is 2.26. The molecule has 24 heavy (non-hydrogen) atoms. The number of carboxylic acids is 1. The van der Waals surface area contributed by atoms with Gasteiger partial charge in [0.25, 0.3) is 0 Å². The zero-order chi connectivity index (χ0) is 17.5. The van der Waals surface area contributed by atoms with E-state index in [-0.39, 0.29) is 13.0 Å². The molecule has 1 heterocycles. The highest BCUT2D eigenvalue weighted by Gasteiger charge is 2.12. The maximum absolute atomic E-state index is 13.7. The Balaban J connectivity index is 1.86. The van der Waals surface area contributed by atoms with Crippen molar-refractivity contribution >= 4 is 29.1 Å². The average molecular weight is 351 g/mol. The number of rotatable bonds is 7. The number of thiazole rings is 1. The van der Waals surface area contributed by atoms with Crippen molar-refractivity contribution in [2.45, 2.75) is 6.42 Å². The van der Waals surface area contributed by atoms with E-state index in [2.05, 4.69) is 15.6 Å². The Morgan fingerprint density at radius 1 is 1.12 bits per heavy atom. The predicted molar refractivity (Wildman–Crippen MR) is 84.9 cm³/mol. The maximum Gasteiger partial charge on any atom is 0.322 e. The normalized spacial score (nSPS) is 10.2. The third kappa shape index (κ3) is 5.13. The van der Waals surface area contributed by atoms with Crippen molar-refractivity contribution in [1.82, 2.24) is 15.6 Å². The monoisotopic (exact) mass is 351 g/mol. The molecule has 1 aromatic heterocycles. The third-order valence-electron chi connectivity index (χ3n) is 2.88. The van der Waals surface area contributed by atoms with Crippen molar-refractivity contribution in [3.8, 4) is 10.6 Å². The first-order valence-corrected chi connectivity index (χ1v) is 7.78. The van der Waals surface area contributed by atoms with Crippen LogP contribution in [0.15, 0.2) is 29.6 Å². The zero-order valence-electron chi connectivity index (χ0n) is 12.4. The highest BCUT2D eigenvalue weighted by molar-refractivity contribution is 7.13. The molecule has 2 aromatic rings. The number of nitrogens with one attached hydrogen (secondary N) is 2. The molecule has 0 saturated carbocycles. The van der Waals surface area contributed by atoms with Crippen LogP contribution >= 0.6 is 11.3 Å². The molecule has 126 valence electrons. The number of aromatic nitrogens is 1. The van der Waals surface area contributed by atoms with Gasteiger partial charge < -0.3 is 15.7 Å². The molecule has 1 aromatic carbocycles. The predicted octanol–water partition coefficient (Wildman–Crippen LogP) is 0.809. The topological polar surface area (TPSA) is 108 Å². The first-order chi connectivity index (χ1) is 11.5. The summed E-state index contributed by atoms with van der Waals surface area (Å²) in [5.41, 5.74) is 0.823. The standard InChI is InChI=1S/C15H14FN3O4S/c16-11-4-2-1-3-10(11)15-19-9(8-24-15)5-12(20)17-6-13(21)18-7-14(22)23/h1-4,8H,5-7H2,(H,17,20)(H,18,21)(H,22,23). The molecule has 7 nitrogen and oxygen atoms in total. The summed E-state index contributed by atoms with van der Waals surface area (Å²) in [6, 6.07) is 6.21. The van der Waals surface area contributed by atoms with E-state index >= 15 is 0 Å². The third-order valence-corrected chi connectivity index (χ3v) is 3.80.